The Balaban J connectivity index is 1.27. The predicted octanol–water partition coefficient (Wildman–Crippen LogP) is 2.53. The zero-order chi connectivity index (χ0) is 20.3. The van der Waals surface area contributed by atoms with Crippen molar-refractivity contribution in [3.8, 4) is 0 Å². The second-order valence-electron chi connectivity index (χ2n) is 8.10. The van der Waals surface area contributed by atoms with Gasteiger partial charge in [0.05, 0.1) is 18.8 Å². The third-order valence-electron chi connectivity index (χ3n) is 6.12. The lowest BCUT2D eigenvalue weighted by Gasteiger charge is -2.35. The number of carbonyl (C=O) groups is 2. The normalized spacial score (nSPS) is 25.5. The van der Waals surface area contributed by atoms with Crippen LogP contribution < -0.4 is 5.32 Å². The molecule has 1 aromatic carbocycles. The summed E-state index contributed by atoms with van der Waals surface area (Å²) in [6, 6.07) is 9.98. The van der Waals surface area contributed by atoms with Crippen molar-refractivity contribution < 1.29 is 24.3 Å². The number of benzene rings is 1. The summed E-state index contributed by atoms with van der Waals surface area (Å²) in [6.07, 6.45) is 3.43. The van der Waals surface area contributed by atoms with Gasteiger partial charge in [-0.15, -0.1) is 0 Å². The number of oxime groups is 1. The van der Waals surface area contributed by atoms with Crippen LogP contribution in [0.25, 0.3) is 0 Å². The minimum absolute atomic E-state index is 0.00477. The molecule has 0 unspecified atom stereocenters. The van der Waals surface area contributed by atoms with Crippen LogP contribution in [0.15, 0.2) is 35.5 Å². The van der Waals surface area contributed by atoms with E-state index >= 15 is 0 Å². The second kappa shape index (κ2) is 8.41. The van der Waals surface area contributed by atoms with Gasteiger partial charge >= 0.3 is 6.09 Å². The number of piperidine rings is 1. The Labute approximate surface area is 169 Å². The number of likely N-dealkylation sites (tertiary alicyclic amines) is 1. The van der Waals surface area contributed by atoms with Gasteiger partial charge in [-0.05, 0) is 24.8 Å². The highest BCUT2D eigenvalue weighted by molar-refractivity contribution is 6.39. The van der Waals surface area contributed by atoms with Gasteiger partial charge in [-0.25, -0.2) is 4.79 Å². The van der Waals surface area contributed by atoms with Crippen LogP contribution in [-0.4, -0.2) is 58.6 Å². The van der Waals surface area contributed by atoms with E-state index in [9.17, 15) is 9.59 Å². The Hall–Kier alpha value is -2.61. The fourth-order valence-electron chi connectivity index (χ4n) is 4.34. The Morgan fingerprint density at radius 3 is 2.72 bits per heavy atom. The van der Waals surface area contributed by atoms with Gasteiger partial charge in [0.2, 0.25) is 0 Å². The van der Waals surface area contributed by atoms with Gasteiger partial charge in [-0.1, -0.05) is 35.5 Å². The van der Waals surface area contributed by atoms with Crippen molar-refractivity contribution in [1.82, 2.24) is 10.2 Å². The van der Waals surface area contributed by atoms with E-state index in [1.807, 2.05) is 30.3 Å². The molecular weight excluding hydrogens is 374 g/mol. The number of rotatable bonds is 5. The summed E-state index contributed by atoms with van der Waals surface area (Å²) in [5, 5.41) is 16.2. The Morgan fingerprint density at radius 1 is 1.24 bits per heavy atom. The summed E-state index contributed by atoms with van der Waals surface area (Å²) in [7, 11) is 0. The standard InChI is InChI=1S/C21H27N3O5/c25-19(17-13-21(29-23-17)9-11-24(12-10-21)20(26)27)22-16-7-4-8-18(16)28-14-15-5-2-1-3-6-15/h1-3,5-6,16,18H,4,7-14H2,(H,22,25)(H,26,27)/t16-,18-/m1/s1. The average molecular weight is 401 g/mol. The van der Waals surface area contributed by atoms with E-state index in [0.29, 0.717) is 44.7 Å². The van der Waals surface area contributed by atoms with Crippen LogP contribution in [0.3, 0.4) is 0 Å². The van der Waals surface area contributed by atoms with Crippen molar-refractivity contribution in [1.29, 1.82) is 0 Å². The molecule has 2 atom stereocenters. The molecule has 2 N–H and O–H groups in total. The maximum Gasteiger partial charge on any atom is 0.407 e. The molecule has 0 radical (unpaired) electrons. The Morgan fingerprint density at radius 2 is 2.00 bits per heavy atom. The van der Waals surface area contributed by atoms with E-state index < -0.39 is 11.7 Å². The number of carboxylic acid groups (broad SMARTS) is 1. The predicted molar refractivity (Wildman–Crippen MR) is 106 cm³/mol. The molecule has 8 nitrogen and oxygen atoms in total. The zero-order valence-electron chi connectivity index (χ0n) is 16.4. The number of hydrogen-bond acceptors (Lipinski definition) is 5. The van der Waals surface area contributed by atoms with Crippen molar-refractivity contribution in [2.45, 2.75) is 62.9 Å². The van der Waals surface area contributed by atoms with Crippen molar-refractivity contribution in [2.24, 2.45) is 5.16 Å². The highest BCUT2D eigenvalue weighted by atomic mass is 16.7. The molecule has 29 heavy (non-hydrogen) atoms. The molecule has 4 rings (SSSR count). The topological polar surface area (TPSA) is 100 Å². The first-order valence-electron chi connectivity index (χ1n) is 10.2. The number of amides is 2. The molecule has 0 bridgehead atoms. The molecule has 2 fully saturated rings. The molecule has 1 saturated carbocycles. The van der Waals surface area contributed by atoms with Crippen LogP contribution in [0.2, 0.25) is 0 Å². The third kappa shape index (κ3) is 4.53. The molecule has 2 aliphatic heterocycles. The highest BCUT2D eigenvalue weighted by Gasteiger charge is 2.45. The minimum atomic E-state index is -0.917. The molecule has 3 aliphatic rings. The monoisotopic (exact) mass is 401 g/mol. The van der Waals surface area contributed by atoms with E-state index in [4.69, 9.17) is 14.7 Å². The number of carbonyl (C=O) groups excluding carboxylic acids is 1. The zero-order valence-corrected chi connectivity index (χ0v) is 16.4. The van der Waals surface area contributed by atoms with Crippen molar-refractivity contribution in [3.05, 3.63) is 35.9 Å². The van der Waals surface area contributed by atoms with E-state index in [-0.39, 0.29) is 18.1 Å². The molecule has 2 heterocycles. The molecule has 2 amide bonds. The fourth-order valence-corrected chi connectivity index (χ4v) is 4.34. The third-order valence-corrected chi connectivity index (χ3v) is 6.12. The molecule has 0 aromatic heterocycles. The first-order valence-corrected chi connectivity index (χ1v) is 10.2. The SMILES string of the molecule is O=C(N[C@@H]1CCC[C@H]1OCc1ccccc1)C1=NOC2(CCN(C(=O)O)CC2)C1. The first-order chi connectivity index (χ1) is 14.0. The van der Waals surface area contributed by atoms with E-state index in [0.717, 1.165) is 24.8 Å². The number of nitrogens with zero attached hydrogens (tertiary/aromatic N) is 2. The molecule has 8 heteroatoms. The Kier molecular flexibility index (Phi) is 5.71. The number of nitrogens with one attached hydrogen (secondary N) is 1. The molecule has 1 aromatic rings. The summed E-state index contributed by atoms with van der Waals surface area (Å²) in [5.74, 6) is -0.206. The van der Waals surface area contributed by atoms with Gasteiger partial charge < -0.3 is 24.9 Å². The summed E-state index contributed by atoms with van der Waals surface area (Å²) >= 11 is 0. The maximum absolute atomic E-state index is 12.7. The molecular formula is C21H27N3O5. The van der Waals surface area contributed by atoms with Gasteiger partial charge in [0, 0.05) is 32.4 Å². The van der Waals surface area contributed by atoms with Gasteiger partial charge in [-0.2, -0.15) is 0 Å². The summed E-state index contributed by atoms with van der Waals surface area (Å²) < 4.78 is 6.06. The van der Waals surface area contributed by atoms with Crippen LogP contribution in [0, 0.1) is 0 Å². The highest BCUT2D eigenvalue weighted by Crippen LogP contribution is 2.35. The Bertz CT molecular complexity index is 774. The summed E-state index contributed by atoms with van der Waals surface area (Å²) in [5.41, 5.74) is 0.965. The summed E-state index contributed by atoms with van der Waals surface area (Å²) in [4.78, 5) is 30.8. The molecule has 156 valence electrons. The molecule has 1 aliphatic carbocycles. The lowest BCUT2D eigenvalue weighted by atomic mass is 9.87. The summed E-state index contributed by atoms with van der Waals surface area (Å²) in [6.45, 7) is 1.33. The second-order valence-corrected chi connectivity index (χ2v) is 8.10. The van der Waals surface area contributed by atoms with Gasteiger partial charge in [0.25, 0.3) is 5.91 Å². The van der Waals surface area contributed by atoms with Crippen molar-refractivity contribution >= 4 is 17.7 Å². The van der Waals surface area contributed by atoms with Crippen molar-refractivity contribution in [3.63, 3.8) is 0 Å². The largest absolute Gasteiger partial charge is 0.465 e. The van der Waals surface area contributed by atoms with E-state index in [1.54, 1.807) is 0 Å². The van der Waals surface area contributed by atoms with E-state index in [2.05, 4.69) is 10.5 Å². The fraction of sp³-hybridized carbons (Fsp3) is 0.571. The minimum Gasteiger partial charge on any atom is -0.465 e. The van der Waals surface area contributed by atoms with Crippen LogP contribution >= 0.6 is 0 Å². The average Bonchev–Trinajstić information content (AvgIpc) is 3.35. The lowest BCUT2D eigenvalue weighted by Crippen LogP contribution is -2.48. The molecule has 1 spiro atoms. The maximum atomic E-state index is 12.7. The first kappa shape index (κ1) is 19.7. The lowest BCUT2D eigenvalue weighted by molar-refractivity contribution is -0.116. The van der Waals surface area contributed by atoms with E-state index in [1.165, 1.54) is 4.90 Å². The quantitative estimate of drug-likeness (QED) is 0.790. The van der Waals surface area contributed by atoms with Gasteiger partial charge in [0.1, 0.15) is 11.3 Å². The number of hydrogen-bond donors (Lipinski definition) is 2. The number of ether oxygens (including phenoxy) is 1. The van der Waals surface area contributed by atoms with Crippen LogP contribution in [0.4, 0.5) is 4.79 Å². The van der Waals surface area contributed by atoms with Gasteiger partial charge in [0.15, 0.2) is 0 Å². The van der Waals surface area contributed by atoms with Gasteiger partial charge in [-0.3, -0.25) is 4.79 Å². The van der Waals surface area contributed by atoms with Crippen LogP contribution in [0.1, 0.15) is 44.1 Å². The van der Waals surface area contributed by atoms with Crippen molar-refractivity contribution in [2.75, 3.05) is 13.1 Å². The molecule has 1 saturated heterocycles. The smallest absolute Gasteiger partial charge is 0.407 e. The van der Waals surface area contributed by atoms with Crippen LogP contribution in [-0.2, 0) is 21.0 Å². The van der Waals surface area contributed by atoms with Crippen LogP contribution in [0.5, 0.6) is 0 Å².